The molecule has 5 heteroatoms. The molecule has 22 heavy (non-hydrogen) atoms. The predicted molar refractivity (Wildman–Crippen MR) is 80.2 cm³/mol. The van der Waals surface area contributed by atoms with E-state index < -0.39 is 5.97 Å². The number of hydrogen-bond acceptors (Lipinski definition) is 3. The normalized spacial score (nSPS) is 27.3. The molecule has 1 heterocycles. The van der Waals surface area contributed by atoms with Crippen LogP contribution in [0.15, 0.2) is 30.3 Å². The zero-order chi connectivity index (χ0) is 15.5. The van der Waals surface area contributed by atoms with Crippen LogP contribution in [0.25, 0.3) is 0 Å². The molecule has 1 aliphatic heterocycles. The fraction of sp³-hybridized carbons (Fsp3) is 0.529. The third-order valence-corrected chi connectivity index (χ3v) is 4.89. The van der Waals surface area contributed by atoms with Gasteiger partial charge in [0.2, 0.25) is 0 Å². The summed E-state index contributed by atoms with van der Waals surface area (Å²) in [4.78, 5) is 25.2. The summed E-state index contributed by atoms with van der Waals surface area (Å²) in [5.41, 5.74) is 0.957. The van der Waals surface area contributed by atoms with Gasteiger partial charge in [0, 0.05) is 12.6 Å². The number of carboxylic acid groups (broad SMARTS) is 1. The molecule has 0 radical (unpaired) electrons. The van der Waals surface area contributed by atoms with Crippen molar-refractivity contribution >= 4 is 12.1 Å². The monoisotopic (exact) mass is 303 g/mol. The zero-order valence-corrected chi connectivity index (χ0v) is 12.5. The molecule has 0 aromatic heterocycles. The molecule has 1 aromatic carbocycles. The Morgan fingerprint density at radius 3 is 2.68 bits per heavy atom. The Bertz CT molecular complexity index is 545. The van der Waals surface area contributed by atoms with Crippen LogP contribution >= 0.6 is 0 Å². The fourth-order valence-corrected chi connectivity index (χ4v) is 3.65. The van der Waals surface area contributed by atoms with E-state index in [-0.39, 0.29) is 24.7 Å². The van der Waals surface area contributed by atoms with Crippen LogP contribution in [-0.4, -0.2) is 34.7 Å². The van der Waals surface area contributed by atoms with Crippen molar-refractivity contribution in [1.29, 1.82) is 0 Å². The molecule has 1 aliphatic carbocycles. The lowest BCUT2D eigenvalue weighted by Crippen LogP contribution is -2.42. The first kappa shape index (κ1) is 14.9. The Kier molecular flexibility index (Phi) is 4.32. The fourth-order valence-electron chi connectivity index (χ4n) is 3.65. The highest BCUT2D eigenvalue weighted by Crippen LogP contribution is 2.39. The SMILES string of the molecule is O=C(O)C1CC[C@@H]2CCN(C(=O)OCc3ccccc3)[C@@H]2C1. The third-order valence-electron chi connectivity index (χ3n) is 4.89. The summed E-state index contributed by atoms with van der Waals surface area (Å²) in [5, 5.41) is 9.20. The van der Waals surface area contributed by atoms with E-state index in [9.17, 15) is 14.7 Å². The molecule has 2 aliphatic rings. The quantitative estimate of drug-likeness (QED) is 0.932. The van der Waals surface area contributed by atoms with Gasteiger partial charge in [-0.05, 0) is 37.2 Å². The minimum Gasteiger partial charge on any atom is -0.481 e. The molecule has 3 rings (SSSR count). The largest absolute Gasteiger partial charge is 0.481 e. The van der Waals surface area contributed by atoms with Crippen molar-refractivity contribution in [2.75, 3.05) is 6.54 Å². The molecule has 1 saturated heterocycles. The molecule has 0 bridgehead atoms. The van der Waals surface area contributed by atoms with Crippen LogP contribution in [0.3, 0.4) is 0 Å². The lowest BCUT2D eigenvalue weighted by molar-refractivity contribution is -0.143. The second-order valence-corrected chi connectivity index (χ2v) is 6.20. The minimum absolute atomic E-state index is 0.0260. The number of likely N-dealkylation sites (tertiary alicyclic amines) is 1. The Morgan fingerprint density at radius 2 is 1.95 bits per heavy atom. The number of amides is 1. The van der Waals surface area contributed by atoms with Gasteiger partial charge in [0.1, 0.15) is 6.61 Å². The Hall–Kier alpha value is -2.04. The van der Waals surface area contributed by atoms with Crippen molar-refractivity contribution in [3.05, 3.63) is 35.9 Å². The molecule has 118 valence electrons. The van der Waals surface area contributed by atoms with Crippen molar-refractivity contribution in [2.24, 2.45) is 11.8 Å². The zero-order valence-electron chi connectivity index (χ0n) is 12.5. The predicted octanol–water partition coefficient (Wildman–Crippen LogP) is 2.90. The lowest BCUT2D eigenvalue weighted by atomic mass is 9.79. The van der Waals surface area contributed by atoms with Crippen LogP contribution < -0.4 is 0 Å². The van der Waals surface area contributed by atoms with Crippen LogP contribution in [0.4, 0.5) is 4.79 Å². The summed E-state index contributed by atoms with van der Waals surface area (Å²) >= 11 is 0. The van der Waals surface area contributed by atoms with E-state index in [4.69, 9.17) is 4.74 Å². The number of fused-ring (bicyclic) bond motifs is 1. The van der Waals surface area contributed by atoms with Gasteiger partial charge >= 0.3 is 12.1 Å². The smallest absolute Gasteiger partial charge is 0.410 e. The van der Waals surface area contributed by atoms with Gasteiger partial charge in [-0.1, -0.05) is 30.3 Å². The van der Waals surface area contributed by atoms with E-state index in [0.29, 0.717) is 18.9 Å². The van der Waals surface area contributed by atoms with Crippen molar-refractivity contribution in [3.63, 3.8) is 0 Å². The number of nitrogens with zero attached hydrogens (tertiary/aromatic N) is 1. The van der Waals surface area contributed by atoms with E-state index in [2.05, 4.69) is 0 Å². The molecule has 1 unspecified atom stereocenters. The van der Waals surface area contributed by atoms with Gasteiger partial charge in [0.25, 0.3) is 0 Å². The van der Waals surface area contributed by atoms with E-state index in [1.165, 1.54) is 0 Å². The van der Waals surface area contributed by atoms with Crippen LogP contribution in [0.1, 0.15) is 31.2 Å². The molecule has 3 atom stereocenters. The molecule has 0 spiro atoms. The first-order valence-electron chi connectivity index (χ1n) is 7.85. The maximum absolute atomic E-state index is 12.3. The standard InChI is InChI=1S/C17H21NO4/c19-16(20)14-7-6-13-8-9-18(15(13)10-14)17(21)22-11-12-4-2-1-3-5-12/h1-5,13-15H,6-11H2,(H,19,20)/t13-,14?,15-/m1/s1. The Labute approximate surface area is 129 Å². The first-order chi connectivity index (χ1) is 10.6. The maximum Gasteiger partial charge on any atom is 0.410 e. The lowest BCUT2D eigenvalue weighted by Gasteiger charge is -2.34. The van der Waals surface area contributed by atoms with Crippen LogP contribution in [0.5, 0.6) is 0 Å². The number of rotatable bonds is 3. The van der Waals surface area contributed by atoms with Gasteiger partial charge in [0.05, 0.1) is 5.92 Å². The molecule has 1 saturated carbocycles. The number of aliphatic carboxylic acids is 1. The van der Waals surface area contributed by atoms with E-state index in [1.807, 2.05) is 30.3 Å². The molecule has 1 amide bonds. The number of carbonyl (C=O) groups is 2. The summed E-state index contributed by atoms with van der Waals surface area (Å²) in [5.74, 6) is -0.647. The van der Waals surface area contributed by atoms with Crippen LogP contribution in [0, 0.1) is 11.8 Å². The van der Waals surface area contributed by atoms with Gasteiger partial charge in [0.15, 0.2) is 0 Å². The van der Waals surface area contributed by atoms with Crippen molar-refractivity contribution in [2.45, 2.75) is 38.3 Å². The number of benzene rings is 1. The topological polar surface area (TPSA) is 66.8 Å². The molecule has 2 fully saturated rings. The molecule has 1 aromatic rings. The van der Waals surface area contributed by atoms with E-state index in [0.717, 1.165) is 24.8 Å². The highest BCUT2D eigenvalue weighted by atomic mass is 16.6. The summed E-state index contributed by atoms with van der Waals surface area (Å²) in [6.45, 7) is 0.936. The summed E-state index contributed by atoms with van der Waals surface area (Å²) < 4.78 is 5.40. The van der Waals surface area contributed by atoms with Crippen LogP contribution in [-0.2, 0) is 16.1 Å². The maximum atomic E-state index is 12.3. The highest BCUT2D eigenvalue weighted by Gasteiger charge is 2.43. The van der Waals surface area contributed by atoms with E-state index >= 15 is 0 Å². The van der Waals surface area contributed by atoms with Crippen LogP contribution in [0.2, 0.25) is 0 Å². The highest BCUT2D eigenvalue weighted by molar-refractivity contribution is 5.71. The van der Waals surface area contributed by atoms with Crippen molar-refractivity contribution in [1.82, 2.24) is 4.90 Å². The summed E-state index contributed by atoms with van der Waals surface area (Å²) in [7, 11) is 0. The number of hydrogen-bond donors (Lipinski definition) is 1. The Balaban J connectivity index is 1.59. The summed E-state index contributed by atoms with van der Waals surface area (Å²) in [6, 6.07) is 9.60. The Morgan fingerprint density at radius 1 is 1.18 bits per heavy atom. The summed E-state index contributed by atoms with van der Waals surface area (Å²) in [6.07, 6.45) is 2.81. The van der Waals surface area contributed by atoms with Gasteiger partial charge < -0.3 is 14.7 Å². The van der Waals surface area contributed by atoms with Crippen molar-refractivity contribution in [3.8, 4) is 0 Å². The average Bonchev–Trinajstić information content (AvgIpc) is 2.96. The second-order valence-electron chi connectivity index (χ2n) is 6.20. The molecule has 1 N–H and O–H groups in total. The first-order valence-corrected chi connectivity index (χ1v) is 7.85. The molecular weight excluding hydrogens is 282 g/mol. The molecular formula is C17H21NO4. The van der Waals surface area contributed by atoms with Gasteiger partial charge in [-0.2, -0.15) is 0 Å². The van der Waals surface area contributed by atoms with Crippen molar-refractivity contribution < 1.29 is 19.4 Å². The van der Waals surface area contributed by atoms with Gasteiger partial charge in [-0.25, -0.2) is 4.79 Å². The minimum atomic E-state index is -0.747. The van der Waals surface area contributed by atoms with Gasteiger partial charge in [-0.15, -0.1) is 0 Å². The van der Waals surface area contributed by atoms with Gasteiger partial charge in [-0.3, -0.25) is 4.79 Å². The third kappa shape index (κ3) is 3.08. The number of ether oxygens (including phenoxy) is 1. The second kappa shape index (κ2) is 6.38. The number of carboxylic acids is 1. The average molecular weight is 303 g/mol. The number of carbonyl (C=O) groups excluding carboxylic acids is 1. The molecule has 5 nitrogen and oxygen atoms in total. The van der Waals surface area contributed by atoms with E-state index in [1.54, 1.807) is 4.90 Å².